The molecule has 3 fully saturated rings. The fourth-order valence-corrected chi connectivity index (χ4v) is 9.42. The summed E-state index contributed by atoms with van der Waals surface area (Å²) < 4.78 is 5.85. The van der Waals surface area contributed by atoms with Crippen LogP contribution in [0.15, 0.2) is 29.3 Å². The van der Waals surface area contributed by atoms with Crippen LogP contribution in [0.5, 0.6) is 0 Å². The van der Waals surface area contributed by atoms with Gasteiger partial charge < -0.3 is 9.72 Å². The van der Waals surface area contributed by atoms with Crippen LogP contribution in [0.4, 0.5) is 0 Å². The summed E-state index contributed by atoms with van der Waals surface area (Å²) >= 11 is 8.96. The second-order valence-corrected chi connectivity index (χ2v) is 11.0. The molecule has 2 aliphatic heterocycles. The largest absolute Gasteiger partial charge is 0.393 e. The van der Waals surface area contributed by atoms with E-state index in [9.17, 15) is 9.59 Å². The van der Waals surface area contributed by atoms with E-state index in [4.69, 9.17) is 17.0 Å². The van der Waals surface area contributed by atoms with Crippen molar-refractivity contribution < 1.29 is 14.3 Å². The molecule has 27 heavy (non-hydrogen) atoms. The third kappa shape index (κ3) is 2.08. The van der Waals surface area contributed by atoms with E-state index in [1.807, 2.05) is 11.8 Å². The topological polar surface area (TPSA) is 59.2 Å². The minimum Gasteiger partial charge on any atom is -0.393 e. The zero-order chi connectivity index (χ0) is 18.4. The Balaban J connectivity index is 1.55. The fraction of sp³-hybridized carbons (Fsp3) is 0.450. The molecule has 2 aliphatic carbocycles. The van der Waals surface area contributed by atoms with Crippen LogP contribution in [-0.4, -0.2) is 22.2 Å². The molecule has 0 radical (unpaired) electrons. The zero-order valence-corrected chi connectivity index (χ0v) is 17.0. The third-order valence-corrected chi connectivity index (χ3v) is 9.92. The van der Waals surface area contributed by atoms with Crippen LogP contribution in [0.25, 0.3) is 0 Å². The van der Waals surface area contributed by atoms with Gasteiger partial charge in [0, 0.05) is 16.0 Å². The number of thiazole rings is 1. The predicted octanol–water partition coefficient (Wildman–Crippen LogP) is 4.30. The molecule has 1 aromatic heterocycles. The number of H-pyrrole nitrogens is 1. The fourth-order valence-electron chi connectivity index (χ4n) is 6.10. The Morgan fingerprint density at radius 2 is 1.89 bits per heavy atom. The molecule has 7 heteroatoms. The van der Waals surface area contributed by atoms with Crippen molar-refractivity contribution >= 4 is 47.3 Å². The number of cyclic esters (lactones) is 2. The van der Waals surface area contributed by atoms with E-state index < -0.39 is 0 Å². The summed E-state index contributed by atoms with van der Waals surface area (Å²) in [5.41, 5.74) is 2.59. The SMILES string of the molecule is Cc1ccccc1C1c2sc(=S)[nH]c2SC2C3CC(C4C(=O)OC(=O)C34)C12. The molecule has 0 amide bonds. The predicted molar refractivity (Wildman–Crippen MR) is 105 cm³/mol. The standard InChI is InChI=1S/C20H17NO3S3/c1-7-4-2-3-5-8(7)11-12-9-6-10(14-13(9)18(22)24-19(14)23)15(12)26-17-16(11)27-20(25)21-17/h2-5,9-15H,6H2,1H3,(H,21,25). The van der Waals surface area contributed by atoms with Crippen molar-refractivity contribution in [3.8, 4) is 0 Å². The lowest BCUT2D eigenvalue weighted by molar-refractivity contribution is -0.154. The molecule has 1 N–H and O–H groups in total. The van der Waals surface area contributed by atoms with Crippen LogP contribution in [0.3, 0.4) is 0 Å². The maximum atomic E-state index is 12.4. The van der Waals surface area contributed by atoms with Gasteiger partial charge in [0.05, 0.1) is 16.9 Å². The highest BCUT2D eigenvalue weighted by Crippen LogP contribution is 2.68. The van der Waals surface area contributed by atoms with Gasteiger partial charge in [-0.05, 0) is 54.4 Å². The van der Waals surface area contributed by atoms with Crippen LogP contribution in [-0.2, 0) is 14.3 Å². The summed E-state index contributed by atoms with van der Waals surface area (Å²) in [5.74, 6) is -0.0775. The molecule has 1 aromatic carbocycles. The number of hydrogen-bond donors (Lipinski definition) is 1. The monoisotopic (exact) mass is 415 g/mol. The van der Waals surface area contributed by atoms with Gasteiger partial charge in [-0.25, -0.2) is 0 Å². The number of aromatic amines is 1. The van der Waals surface area contributed by atoms with Gasteiger partial charge in [-0.1, -0.05) is 24.3 Å². The maximum Gasteiger partial charge on any atom is 0.317 e. The molecule has 6 rings (SSSR count). The lowest BCUT2D eigenvalue weighted by Gasteiger charge is -2.43. The van der Waals surface area contributed by atoms with Gasteiger partial charge in [0.25, 0.3) is 0 Å². The number of nitrogens with one attached hydrogen (secondary N) is 1. The molecule has 4 nitrogen and oxygen atoms in total. The van der Waals surface area contributed by atoms with Gasteiger partial charge in [0.15, 0.2) is 3.95 Å². The lowest BCUT2D eigenvalue weighted by atomic mass is 9.67. The number of esters is 2. The summed E-state index contributed by atoms with van der Waals surface area (Å²) in [4.78, 5) is 29.4. The molecule has 138 valence electrons. The molecule has 2 aromatic rings. The van der Waals surface area contributed by atoms with Crippen LogP contribution < -0.4 is 0 Å². The summed E-state index contributed by atoms with van der Waals surface area (Å²) in [6.07, 6.45) is 0.955. The van der Waals surface area contributed by atoms with Gasteiger partial charge in [-0.15, -0.1) is 23.1 Å². The number of fused-ring (bicyclic) bond motifs is 9. The molecule has 1 saturated heterocycles. The molecule has 2 bridgehead atoms. The van der Waals surface area contributed by atoms with Gasteiger partial charge in [0.2, 0.25) is 0 Å². The summed E-state index contributed by atoms with van der Waals surface area (Å²) in [5, 5.41) is 1.48. The summed E-state index contributed by atoms with van der Waals surface area (Å²) in [6.45, 7) is 2.15. The van der Waals surface area contributed by atoms with Gasteiger partial charge in [-0.3, -0.25) is 9.59 Å². The highest BCUT2D eigenvalue weighted by atomic mass is 32.2. The smallest absolute Gasteiger partial charge is 0.317 e. The van der Waals surface area contributed by atoms with E-state index >= 15 is 0 Å². The molecule has 4 aliphatic rings. The van der Waals surface area contributed by atoms with Crippen molar-refractivity contribution in [2.24, 2.45) is 29.6 Å². The number of aryl methyl sites for hydroxylation is 1. The van der Waals surface area contributed by atoms with Crippen molar-refractivity contribution in [1.29, 1.82) is 0 Å². The van der Waals surface area contributed by atoms with Crippen LogP contribution in [0.1, 0.15) is 28.3 Å². The lowest BCUT2D eigenvalue weighted by Crippen LogP contribution is -2.42. The number of carbonyl (C=O) groups excluding carboxylic acids is 2. The van der Waals surface area contributed by atoms with E-state index in [1.54, 1.807) is 11.3 Å². The van der Waals surface area contributed by atoms with E-state index in [1.165, 1.54) is 16.0 Å². The molecular formula is C20H17NO3S3. The van der Waals surface area contributed by atoms with Crippen LogP contribution in [0, 0.1) is 40.5 Å². The number of carbonyl (C=O) groups is 2. The van der Waals surface area contributed by atoms with E-state index in [0.29, 0.717) is 11.2 Å². The van der Waals surface area contributed by atoms with Crippen molar-refractivity contribution in [2.45, 2.75) is 29.5 Å². The average molecular weight is 416 g/mol. The summed E-state index contributed by atoms with van der Waals surface area (Å²) in [7, 11) is 0. The van der Waals surface area contributed by atoms with E-state index in [0.717, 1.165) is 15.4 Å². The maximum absolute atomic E-state index is 12.4. The Hall–Kier alpha value is -1.44. The van der Waals surface area contributed by atoms with Crippen LogP contribution in [0.2, 0.25) is 0 Å². The Labute approximate surface area is 169 Å². The number of hydrogen-bond acceptors (Lipinski definition) is 6. The van der Waals surface area contributed by atoms with E-state index in [-0.39, 0.29) is 41.5 Å². The molecule has 0 spiro atoms. The van der Waals surface area contributed by atoms with Crippen molar-refractivity contribution in [3.63, 3.8) is 0 Å². The Kier molecular flexibility index (Phi) is 3.39. The second-order valence-electron chi connectivity index (χ2n) is 8.06. The van der Waals surface area contributed by atoms with Gasteiger partial charge in [0.1, 0.15) is 0 Å². The zero-order valence-electron chi connectivity index (χ0n) is 14.5. The molecule has 7 atom stereocenters. The third-order valence-electron chi connectivity index (χ3n) is 6.98. The van der Waals surface area contributed by atoms with Crippen molar-refractivity contribution in [1.82, 2.24) is 4.98 Å². The van der Waals surface area contributed by atoms with Crippen molar-refractivity contribution in [3.05, 3.63) is 44.2 Å². The Bertz CT molecular complexity index is 1060. The quantitative estimate of drug-likeness (QED) is 0.427. The second kappa shape index (κ2) is 5.55. The highest BCUT2D eigenvalue weighted by Gasteiger charge is 2.69. The first-order chi connectivity index (χ1) is 13.0. The molecular weight excluding hydrogens is 398 g/mol. The Morgan fingerprint density at radius 3 is 2.67 bits per heavy atom. The van der Waals surface area contributed by atoms with Crippen molar-refractivity contribution in [2.75, 3.05) is 0 Å². The van der Waals surface area contributed by atoms with Gasteiger partial charge in [-0.2, -0.15) is 0 Å². The molecule has 3 heterocycles. The Morgan fingerprint density at radius 1 is 1.15 bits per heavy atom. The highest BCUT2D eigenvalue weighted by molar-refractivity contribution is 8.00. The number of aromatic nitrogens is 1. The van der Waals surface area contributed by atoms with Gasteiger partial charge >= 0.3 is 11.9 Å². The first-order valence-corrected chi connectivity index (χ1v) is 11.4. The van der Waals surface area contributed by atoms with E-state index in [2.05, 4.69) is 36.2 Å². The molecule has 2 saturated carbocycles. The number of thioether (sulfide) groups is 1. The first kappa shape index (κ1) is 16.5. The first-order valence-electron chi connectivity index (χ1n) is 9.25. The number of ether oxygens (including phenoxy) is 1. The molecule has 7 unspecified atom stereocenters. The summed E-state index contributed by atoms with van der Waals surface area (Å²) in [6, 6.07) is 8.52. The average Bonchev–Trinajstić information content (AvgIpc) is 3.35. The normalized spacial score (nSPS) is 38.5. The van der Waals surface area contributed by atoms with Crippen LogP contribution >= 0.6 is 35.3 Å². The minimum absolute atomic E-state index is 0.213. The number of benzene rings is 1. The number of rotatable bonds is 1. The minimum atomic E-state index is -0.298.